The number of nitrogens with zero attached hydrogens (tertiary/aromatic N) is 3. The van der Waals surface area contributed by atoms with E-state index in [1.54, 1.807) is 4.68 Å². The molecular formula is C16H20ClN3O. The van der Waals surface area contributed by atoms with Gasteiger partial charge in [0.15, 0.2) is 0 Å². The quantitative estimate of drug-likeness (QED) is 0.629. The van der Waals surface area contributed by atoms with Gasteiger partial charge in [-0.3, -0.25) is 4.79 Å². The summed E-state index contributed by atoms with van der Waals surface area (Å²) in [5.41, 5.74) is 0.704. The van der Waals surface area contributed by atoms with Gasteiger partial charge in [0.1, 0.15) is 5.82 Å². The van der Waals surface area contributed by atoms with Crippen molar-refractivity contribution in [2.75, 3.05) is 11.6 Å². The third kappa shape index (κ3) is 2.64. The minimum atomic E-state index is -0.297. The molecule has 21 heavy (non-hydrogen) atoms. The molecule has 0 amide bonds. The van der Waals surface area contributed by atoms with Crippen LogP contribution < -0.4 is 10.6 Å². The van der Waals surface area contributed by atoms with E-state index in [-0.39, 0.29) is 10.9 Å². The molecule has 1 aliphatic rings. The molecule has 5 heteroatoms. The number of halogens is 1. The first-order valence-corrected chi connectivity index (χ1v) is 7.99. The summed E-state index contributed by atoms with van der Waals surface area (Å²) in [7, 11) is 0. The van der Waals surface area contributed by atoms with Gasteiger partial charge in [0, 0.05) is 0 Å². The minimum absolute atomic E-state index is 0.0119. The van der Waals surface area contributed by atoms with Crippen molar-refractivity contribution in [2.45, 2.75) is 44.5 Å². The summed E-state index contributed by atoms with van der Waals surface area (Å²) < 4.78 is 1.69. The first kappa shape index (κ1) is 14.4. The van der Waals surface area contributed by atoms with Crippen molar-refractivity contribution in [2.24, 2.45) is 0 Å². The van der Waals surface area contributed by atoms with E-state index >= 15 is 0 Å². The summed E-state index contributed by atoms with van der Waals surface area (Å²) in [6.45, 7) is 4.96. The van der Waals surface area contributed by atoms with Gasteiger partial charge in [-0.05, 0) is 25.5 Å². The molecule has 4 nitrogen and oxygen atoms in total. The SMILES string of the molecule is CCCCC1CN1n1c([C@@H](C)Cl)nc2ccccc2c1=O. The highest BCUT2D eigenvalue weighted by Gasteiger charge is 2.37. The van der Waals surface area contributed by atoms with Gasteiger partial charge in [0.25, 0.3) is 5.56 Å². The predicted molar refractivity (Wildman–Crippen MR) is 86.7 cm³/mol. The fraction of sp³-hybridized carbons (Fsp3) is 0.500. The van der Waals surface area contributed by atoms with E-state index in [0.29, 0.717) is 22.8 Å². The molecule has 1 fully saturated rings. The van der Waals surface area contributed by atoms with E-state index in [2.05, 4.69) is 16.9 Å². The van der Waals surface area contributed by atoms with Crippen molar-refractivity contribution in [1.29, 1.82) is 0 Å². The summed E-state index contributed by atoms with van der Waals surface area (Å²) >= 11 is 6.26. The van der Waals surface area contributed by atoms with E-state index in [9.17, 15) is 4.79 Å². The molecule has 0 spiro atoms. The van der Waals surface area contributed by atoms with Crippen molar-refractivity contribution in [3.05, 3.63) is 40.4 Å². The third-order valence-corrected chi connectivity index (χ3v) is 4.16. The number of rotatable bonds is 5. The van der Waals surface area contributed by atoms with E-state index < -0.39 is 0 Å². The number of para-hydroxylation sites is 1. The number of aromatic nitrogens is 2. The van der Waals surface area contributed by atoms with Crippen LogP contribution in [0.4, 0.5) is 0 Å². The van der Waals surface area contributed by atoms with Crippen LogP contribution in [0.2, 0.25) is 0 Å². The van der Waals surface area contributed by atoms with Crippen LogP contribution >= 0.6 is 11.6 Å². The zero-order valence-electron chi connectivity index (χ0n) is 12.4. The highest BCUT2D eigenvalue weighted by Crippen LogP contribution is 2.26. The maximum atomic E-state index is 12.8. The average molecular weight is 306 g/mol. The van der Waals surface area contributed by atoms with E-state index in [1.807, 2.05) is 31.2 Å². The number of benzene rings is 1. The number of unbranched alkanes of at least 4 members (excludes halogenated alkanes) is 1. The Morgan fingerprint density at radius 1 is 1.43 bits per heavy atom. The molecule has 2 aromatic rings. The second-order valence-electron chi connectivity index (χ2n) is 5.64. The Balaban J connectivity index is 2.06. The molecule has 0 aliphatic carbocycles. The van der Waals surface area contributed by atoms with Crippen molar-refractivity contribution in [3.63, 3.8) is 0 Å². The Morgan fingerprint density at radius 2 is 2.19 bits per heavy atom. The molecule has 3 rings (SSSR count). The second kappa shape index (κ2) is 5.68. The van der Waals surface area contributed by atoms with Gasteiger partial charge in [-0.15, -0.1) is 11.6 Å². The summed E-state index contributed by atoms with van der Waals surface area (Å²) in [4.78, 5) is 17.4. The molecule has 0 N–H and O–H groups in total. The van der Waals surface area contributed by atoms with Crippen molar-refractivity contribution < 1.29 is 0 Å². The fourth-order valence-electron chi connectivity index (χ4n) is 2.74. The van der Waals surface area contributed by atoms with Crippen LogP contribution in [0.15, 0.2) is 29.1 Å². The molecule has 1 aromatic heterocycles. The smallest absolute Gasteiger partial charge is 0.280 e. The number of alkyl halides is 1. The Bertz CT molecular complexity index is 710. The Morgan fingerprint density at radius 3 is 2.90 bits per heavy atom. The first-order valence-electron chi connectivity index (χ1n) is 7.56. The van der Waals surface area contributed by atoms with Gasteiger partial charge in [0.2, 0.25) is 0 Å². The van der Waals surface area contributed by atoms with Crippen molar-refractivity contribution in [3.8, 4) is 0 Å². The van der Waals surface area contributed by atoms with Crippen LogP contribution in [0.25, 0.3) is 10.9 Å². The lowest BCUT2D eigenvalue weighted by Crippen LogP contribution is -2.34. The number of hydrogen-bond acceptors (Lipinski definition) is 3. The van der Waals surface area contributed by atoms with Gasteiger partial charge in [-0.1, -0.05) is 31.9 Å². The van der Waals surface area contributed by atoms with E-state index in [0.717, 1.165) is 13.0 Å². The lowest BCUT2D eigenvalue weighted by molar-refractivity contribution is 0.638. The minimum Gasteiger partial charge on any atom is -0.301 e. The molecule has 2 heterocycles. The summed E-state index contributed by atoms with van der Waals surface area (Å²) in [5.74, 6) is 0.638. The number of hydrogen-bond donors (Lipinski definition) is 0. The van der Waals surface area contributed by atoms with Crippen LogP contribution in [0.3, 0.4) is 0 Å². The van der Waals surface area contributed by atoms with Crippen LogP contribution in [-0.2, 0) is 0 Å². The largest absolute Gasteiger partial charge is 0.301 e. The summed E-state index contributed by atoms with van der Waals surface area (Å²) in [5, 5.41) is 2.44. The van der Waals surface area contributed by atoms with Gasteiger partial charge >= 0.3 is 0 Å². The predicted octanol–water partition coefficient (Wildman–Crippen LogP) is 3.21. The standard InChI is InChI=1S/C16H20ClN3O/c1-3-4-7-12-10-19(12)20-15(11(2)17)18-14-9-6-5-8-13(14)16(20)21/h5-6,8-9,11-12H,3-4,7,10H2,1-2H3/t11-,12?,19?/m1/s1. The zero-order chi connectivity index (χ0) is 15.0. The fourth-order valence-corrected chi connectivity index (χ4v) is 2.88. The molecule has 1 saturated heterocycles. The first-order chi connectivity index (χ1) is 10.1. The third-order valence-electron chi connectivity index (χ3n) is 3.97. The summed E-state index contributed by atoms with van der Waals surface area (Å²) in [6, 6.07) is 7.90. The molecule has 1 aliphatic heterocycles. The van der Waals surface area contributed by atoms with E-state index in [4.69, 9.17) is 11.6 Å². The monoisotopic (exact) mass is 305 g/mol. The molecule has 0 bridgehead atoms. The molecular weight excluding hydrogens is 286 g/mol. The molecule has 1 unspecified atom stereocenters. The van der Waals surface area contributed by atoms with E-state index in [1.165, 1.54) is 12.8 Å². The van der Waals surface area contributed by atoms with Crippen LogP contribution in [0.1, 0.15) is 44.3 Å². The van der Waals surface area contributed by atoms with Gasteiger partial charge in [-0.2, -0.15) is 0 Å². The molecule has 2 atom stereocenters. The van der Waals surface area contributed by atoms with Gasteiger partial charge in [0.05, 0.1) is 28.9 Å². The normalized spacial score (nSPS) is 19.0. The molecule has 1 aromatic carbocycles. The highest BCUT2D eigenvalue weighted by molar-refractivity contribution is 6.20. The van der Waals surface area contributed by atoms with Crippen molar-refractivity contribution in [1.82, 2.24) is 9.66 Å². The maximum Gasteiger partial charge on any atom is 0.280 e. The van der Waals surface area contributed by atoms with Crippen molar-refractivity contribution >= 4 is 22.5 Å². The Kier molecular flexibility index (Phi) is 3.89. The van der Waals surface area contributed by atoms with Gasteiger partial charge in [-0.25, -0.2) is 9.66 Å². The Hall–Kier alpha value is -1.55. The lowest BCUT2D eigenvalue weighted by Gasteiger charge is -2.17. The molecule has 0 radical (unpaired) electrons. The summed E-state index contributed by atoms with van der Waals surface area (Å²) in [6.07, 6.45) is 3.47. The highest BCUT2D eigenvalue weighted by atomic mass is 35.5. The van der Waals surface area contributed by atoms with Gasteiger partial charge < -0.3 is 5.01 Å². The lowest BCUT2D eigenvalue weighted by atomic mass is 10.2. The van der Waals surface area contributed by atoms with Crippen LogP contribution in [0, 0.1) is 0 Å². The molecule has 112 valence electrons. The zero-order valence-corrected chi connectivity index (χ0v) is 13.2. The van der Waals surface area contributed by atoms with Crippen LogP contribution in [0.5, 0.6) is 0 Å². The second-order valence-corrected chi connectivity index (χ2v) is 6.29. The topological polar surface area (TPSA) is 37.9 Å². The number of fused-ring (bicyclic) bond motifs is 1. The maximum absolute atomic E-state index is 12.8. The van der Waals surface area contributed by atoms with Crippen LogP contribution in [-0.4, -0.2) is 22.2 Å². The Labute approximate surface area is 129 Å². The molecule has 0 saturated carbocycles. The average Bonchev–Trinajstić information content (AvgIpc) is 3.24.